The van der Waals surface area contributed by atoms with Crippen molar-refractivity contribution in [2.24, 2.45) is 0 Å². The van der Waals surface area contributed by atoms with Crippen molar-refractivity contribution < 1.29 is 9.47 Å². The van der Waals surface area contributed by atoms with Crippen LogP contribution in [-0.4, -0.2) is 41.5 Å². The third-order valence-electron chi connectivity index (χ3n) is 3.16. The first kappa shape index (κ1) is 13.1. The highest BCUT2D eigenvalue weighted by Gasteiger charge is 2.15. The van der Waals surface area contributed by atoms with E-state index < -0.39 is 0 Å². The zero-order valence-corrected chi connectivity index (χ0v) is 11.3. The Balaban J connectivity index is 1.50. The molecule has 6 nitrogen and oxygen atoms in total. The molecule has 1 aromatic heterocycles. The van der Waals surface area contributed by atoms with E-state index in [0.717, 1.165) is 43.6 Å². The average Bonchev–Trinajstić information content (AvgIpc) is 2.98. The van der Waals surface area contributed by atoms with Gasteiger partial charge in [0.15, 0.2) is 5.82 Å². The van der Waals surface area contributed by atoms with Crippen molar-refractivity contribution in [2.75, 3.05) is 31.2 Å². The van der Waals surface area contributed by atoms with E-state index in [4.69, 9.17) is 9.47 Å². The first-order chi connectivity index (χ1) is 9.92. The van der Waals surface area contributed by atoms with Gasteiger partial charge in [0.1, 0.15) is 6.61 Å². The molecule has 1 saturated heterocycles. The molecule has 0 amide bonds. The molecule has 0 unspecified atom stereocenters. The van der Waals surface area contributed by atoms with Gasteiger partial charge in [-0.25, -0.2) is 0 Å². The predicted molar refractivity (Wildman–Crippen MR) is 74.3 cm³/mol. The van der Waals surface area contributed by atoms with Crippen LogP contribution in [0.2, 0.25) is 0 Å². The summed E-state index contributed by atoms with van der Waals surface area (Å²) in [5.74, 6) is 1.48. The van der Waals surface area contributed by atoms with Crippen molar-refractivity contribution >= 4 is 5.95 Å². The second-order valence-electron chi connectivity index (χ2n) is 4.66. The molecule has 0 bridgehead atoms. The number of nitrogens with zero attached hydrogens (tertiary/aromatic N) is 3. The number of rotatable bonds is 5. The standard InChI is InChI=1S/C14H18N4O2/c1-2-4-12(5-3-1)10-20-11-13-15-14(17-16-13)18-6-8-19-9-7-18/h1-5H,6-11H2,(H,15,16,17). The van der Waals surface area contributed by atoms with Crippen LogP contribution in [0.1, 0.15) is 11.4 Å². The molecule has 0 radical (unpaired) electrons. The number of anilines is 1. The molecule has 1 fully saturated rings. The zero-order chi connectivity index (χ0) is 13.6. The van der Waals surface area contributed by atoms with Crippen LogP contribution in [0.3, 0.4) is 0 Å². The van der Waals surface area contributed by atoms with Gasteiger partial charge < -0.3 is 14.4 Å². The Bertz CT molecular complexity index is 523. The summed E-state index contributed by atoms with van der Waals surface area (Å²) in [6.45, 7) is 4.15. The molecule has 3 rings (SSSR count). The molecule has 106 valence electrons. The lowest BCUT2D eigenvalue weighted by Crippen LogP contribution is -2.36. The number of benzene rings is 1. The molecule has 1 N–H and O–H groups in total. The Kier molecular flexibility index (Phi) is 4.25. The monoisotopic (exact) mass is 274 g/mol. The first-order valence-electron chi connectivity index (χ1n) is 6.77. The maximum Gasteiger partial charge on any atom is 0.244 e. The minimum absolute atomic E-state index is 0.437. The number of nitrogens with one attached hydrogen (secondary N) is 1. The molecule has 2 aromatic rings. The Labute approximate surface area is 117 Å². The number of morpholine rings is 1. The lowest BCUT2D eigenvalue weighted by atomic mass is 10.2. The normalized spacial score (nSPS) is 15.5. The zero-order valence-electron chi connectivity index (χ0n) is 11.3. The third-order valence-corrected chi connectivity index (χ3v) is 3.16. The Hall–Kier alpha value is -1.92. The minimum atomic E-state index is 0.437. The summed E-state index contributed by atoms with van der Waals surface area (Å²) in [4.78, 5) is 6.56. The highest BCUT2D eigenvalue weighted by molar-refractivity contribution is 5.28. The van der Waals surface area contributed by atoms with Crippen LogP contribution >= 0.6 is 0 Å². The predicted octanol–water partition coefficient (Wildman–Crippen LogP) is 1.36. The molecule has 0 spiro atoms. The van der Waals surface area contributed by atoms with E-state index in [0.29, 0.717) is 13.2 Å². The van der Waals surface area contributed by atoms with E-state index in [2.05, 4.69) is 20.1 Å². The van der Waals surface area contributed by atoms with Crippen LogP contribution < -0.4 is 4.90 Å². The van der Waals surface area contributed by atoms with Crippen molar-refractivity contribution in [3.63, 3.8) is 0 Å². The van der Waals surface area contributed by atoms with Crippen LogP contribution in [0.25, 0.3) is 0 Å². The van der Waals surface area contributed by atoms with Gasteiger partial charge in [0, 0.05) is 13.1 Å². The number of hydrogen-bond acceptors (Lipinski definition) is 5. The van der Waals surface area contributed by atoms with E-state index in [1.54, 1.807) is 0 Å². The fourth-order valence-electron chi connectivity index (χ4n) is 2.09. The third kappa shape index (κ3) is 3.34. The van der Waals surface area contributed by atoms with Gasteiger partial charge in [0.2, 0.25) is 5.95 Å². The molecular weight excluding hydrogens is 256 g/mol. The van der Waals surface area contributed by atoms with Crippen LogP contribution in [0.5, 0.6) is 0 Å². The van der Waals surface area contributed by atoms with Gasteiger partial charge in [-0.3, -0.25) is 5.10 Å². The van der Waals surface area contributed by atoms with Crippen LogP contribution in [0.15, 0.2) is 30.3 Å². The first-order valence-corrected chi connectivity index (χ1v) is 6.77. The molecular formula is C14H18N4O2. The topological polar surface area (TPSA) is 63.3 Å². The Morgan fingerprint density at radius 2 is 1.95 bits per heavy atom. The molecule has 0 saturated carbocycles. The van der Waals surface area contributed by atoms with Gasteiger partial charge in [-0.2, -0.15) is 4.98 Å². The smallest absolute Gasteiger partial charge is 0.244 e. The number of aromatic amines is 1. The van der Waals surface area contributed by atoms with E-state index >= 15 is 0 Å². The summed E-state index contributed by atoms with van der Waals surface area (Å²) < 4.78 is 10.9. The molecule has 0 aliphatic carbocycles. The summed E-state index contributed by atoms with van der Waals surface area (Å²) >= 11 is 0. The summed E-state index contributed by atoms with van der Waals surface area (Å²) in [5, 5.41) is 7.14. The molecule has 2 heterocycles. The second-order valence-corrected chi connectivity index (χ2v) is 4.66. The minimum Gasteiger partial charge on any atom is -0.378 e. The van der Waals surface area contributed by atoms with Crippen molar-refractivity contribution in [3.8, 4) is 0 Å². The van der Waals surface area contributed by atoms with Crippen molar-refractivity contribution in [3.05, 3.63) is 41.7 Å². The highest BCUT2D eigenvalue weighted by Crippen LogP contribution is 2.10. The van der Waals surface area contributed by atoms with Gasteiger partial charge in [-0.1, -0.05) is 30.3 Å². The largest absolute Gasteiger partial charge is 0.378 e. The van der Waals surface area contributed by atoms with Gasteiger partial charge in [-0.05, 0) is 5.56 Å². The molecule has 1 aliphatic heterocycles. The maximum atomic E-state index is 5.63. The molecule has 0 atom stereocenters. The lowest BCUT2D eigenvalue weighted by molar-refractivity contribution is 0.102. The van der Waals surface area contributed by atoms with Crippen molar-refractivity contribution in [2.45, 2.75) is 13.2 Å². The van der Waals surface area contributed by atoms with E-state index in [9.17, 15) is 0 Å². The summed E-state index contributed by atoms with van der Waals surface area (Å²) in [7, 11) is 0. The van der Waals surface area contributed by atoms with Crippen molar-refractivity contribution in [1.82, 2.24) is 15.2 Å². The number of aromatic nitrogens is 3. The van der Waals surface area contributed by atoms with Gasteiger partial charge in [-0.15, -0.1) is 5.10 Å². The summed E-state index contributed by atoms with van der Waals surface area (Å²) in [6.07, 6.45) is 0. The van der Waals surface area contributed by atoms with Gasteiger partial charge >= 0.3 is 0 Å². The number of H-pyrrole nitrogens is 1. The van der Waals surface area contributed by atoms with E-state index in [1.165, 1.54) is 0 Å². The molecule has 1 aliphatic rings. The highest BCUT2D eigenvalue weighted by atomic mass is 16.5. The number of ether oxygens (including phenoxy) is 2. The Morgan fingerprint density at radius 3 is 2.75 bits per heavy atom. The Morgan fingerprint density at radius 1 is 1.15 bits per heavy atom. The summed E-state index contributed by atoms with van der Waals surface area (Å²) in [5.41, 5.74) is 1.15. The molecule has 20 heavy (non-hydrogen) atoms. The van der Waals surface area contributed by atoms with Crippen LogP contribution in [0, 0.1) is 0 Å². The fourth-order valence-corrected chi connectivity index (χ4v) is 2.09. The fraction of sp³-hybridized carbons (Fsp3) is 0.429. The average molecular weight is 274 g/mol. The van der Waals surface area contributed by atoms with E-state index in [-0.39, 0.29) is 0 Å². The van der Waals surface area contributed by atoms with Crippen LogP contribution in [-0.2, 0) is 22.7 Å². The van der Waals surface area contributed by atoms with Gasteiger partial charge in [0.05, 0.1) is 19.8 Å². The quantitative estimate of drug-likeness (QED) is 0.892. The second kappa shape index (κ2) is 6.49. The summed E-state index contributed by atoms with van der Waals surface area (Å²) in [6, 6.07) is 10.1. The van der Waals surface area contributed by atoms with Crippen LogP contribution in [0.4, 0.5) is 5.95 Å². The van der Waals surface area contributed by atoms with E-state index in [1.807, 2.05) is 30.3 Å². The maximum absolute atomic E-state index is 5.63. The SMILES string of the molecule is c1ccc(COCc2nc(N3CCOCC3)n[nH]2)cc1. The molecule has 6 heteroatoms. The van der Waals surface area contributed by atoms with Gasteiger partial charge in [0.25, 0.3) is 0 Å². The lowest BCUT2D eigenvalue weighted by Gasteiger charge is -2.25. The molecule has 1 aromatic carbocycles. The number of hydrogen-bond donors (Lipinski definition) is 1. The van der Waals surface area contributed by atoms with Crippen molar-refractivity contribution in [1.29, 1.82) is 0 Å².